The van der Waals surface area contributed by atoms with Crippen molar-refractivity contribution >= 4 is 23.1 Å². The van der Waals surface area contributed by atoms with Gasteiger partial charge in [0.25, 0.3) is 5.69 Å². The van der Waals surface area contributed by atoms with Gasteiger partial charge in [0.15, 0.2) is 6.61 Å². The van der Waals surface area contributed by atoms with Crippen LogP contribution in [-0.4, -0.2) is 67.9 Å². The summed E-state index contributed by atoms with van der Waals surface area (Å²) in [5.74, 6) is -1.12. The zero-order chi connectivity index (χ0) is 24.1. The Kier molecular flexibility index (Phi) is 7.83. The number of non-ortho nitro benzene ring substituents is 1. The van der Waals surface area contributed by atoms with Gasteiger partial charge in [0.1, 0.15) is 0 Å². The highest BCUT2D eigenvalue weighted by molar-refractivity contribution is 6.02. The molecule has 0 saturated carbocycles. The Bertz CT molecular complexity index is 1040. The van der Waals surface area contributed by atoms with Gasteiger partial charge in [-0.05, 0) is 32.9 Å². The second-order valence-electron chi connectivity index (χ2n) is 8.02. The Balaban J connectivity index is 1.79. The number of nitro groups is 1. The van der Waals surface area contributed by atoms with Crippen molar-refractivity contribution in [3.05, 3.63) is 56.9 Å². The van der Waals surface area contributed by atoms with Gasteiger partial charge in [0.2, 0.25) is 5.78 Å². The van der Waals surface area contributed by atoms with Gasteiger partial charge in [0.05, 0.1) is 42.0 Å². The van der Waals surface area contributed by atoms with E-state index in [2.05, 4.69) is 0 Å². The molecule has 1 saturated heterocycles. The zero-order valence-corrected chi connectivity index (χ0v) is 19.3. The van der Waals surface area contributed by atoms with Crippen molar-refractivity contribution in [3.8, 4) is 0 Å². The molecule has 10 heteroatoms. The minimum absolute atomic E-state index is 0.0417. The van der Waals surface area contributed by atoms with E-state index in [1.807, 2.05) is 30.2 Å². The summed E-state index contributed by atoms with van der Waals surface area (Å²) >= 11 is 0. The molecule has 2 aromatic rings. The minimum atomic E-state index is -0.782. The average Bonchev–Trinajstić information content (AvgIpc) is 3.11. The minimum Gasteiger partial charge on any atom is -0.454 e. The molecular weight excluding hydrogens is 430 g/mol. The number of hydrogen-bond donors (Lipinski definition) is 0. The first-order chi connectivity index (χ1) is 15.7. The molecule has 178 valence electrons. The summed E-state index contributed by atoms with van der Waals surface area (Å²) in [6, 6.07) is 5.88. The Morgan fingerprint density at radius 1 is 1.18 bits per heavy atom. The van der Waals surface area contributed by atoms with Gasteiger partial charge in [0, 0.05) is 49.3 Å². The van der Waals surface area contributed by atoms with E-state index in [4.69, 9.17) is 14.2 Å². The van der Waals surface area contributed by atoms with E-state index in [0.717, 1.165) is 11.4 Å². The Labute approximate surface area is 192 Å². The highest BCUT2D eigenvalue weighted by atomic mass is 16.6. The van der Waals surface area contributed by atoms with Gasteiger partial charge in [-0.3, -0.25) is 14.9 Å². The van der Waals surface area contributed by atoms with E-state index in [9.17, 15) is 19.7 Å². The molecule has 1 aromatic heterocycles. The number of nitrogens with zero attached hydrogens (tertiary/aromatic N) is 3. The summed E-state index contributed by atoms with van der Waals surface area (Å²) in [4.78, 5) is 38.3. The molecule has 0 amide bonds. The number of nitro benzene ring substituents is 1. The van der Waals surface area contributed by atoms with Crippen LogP contribution in [0.25, 0.3) is 0 Å². The molecule has 1 unspecified atom stereocenters. The monoisotopic (exact) mass is 459 g/mol. The second-order valence-corrected chi connectivity index (χ2v) is 8.02. The molecule has 1 aliphatic rings. The Morgan fingerprint density at radius 3 is 2.52 bits per heavy atom. The first-order valence-corrected chi connectivity index (χ1v) is 10.7. The van der Waals surface area contributed by atoms with Crippen LogP contribution in [-0.2, 0) is 14.2 Å². The van der Waals surface area contributed by atoms with Gasteiger partial charge in [-0.2, -0.15) is 0 Å². The summed E-state index contributed by atoms with van der Waals surface area (Å²) in [5, 5.41) is 11.2. The maximum atomic E-state index is 12.9. The predicted octanol–water partition coefficient (Wildman–Crippen LogP) is 3.10. The van der Waals surface area contributed by atoms with E-state index in [1.165, 1.54) is 18.2 Å². The lowest BCUT2D eigenvalue weighted by molar-refractivity contribution is -0.384. The summed E-state index contributed by atoms with van der Waals surface area (Å²) in [6.07, 6.45) is 0. The third-order valence-corrected chi connectivity index (χ3v) is 5.73. The predicted molar refractivity (Wildman–Crippen MR) is 121 cm³/mol. The molecule has 33 heavy (non-hydrogen) atoms. The quantitative estimate of drug-likeness (QED) is 0.243. The summed E-state index contributed by atoms with van der Waals surface area (Å²) in [6.45, 7) is 7.83. The molecule has 3 rings (SSSR count). The number of aryl methyl sites for hydroxylation is 1. The molecule has 0 bridgehead atoms. The average molecular weight is 459 g/mol. The van der Waals surface area contributed by atoms with Crippen molar-refractivity contribution in [2.24, 2.45) is 0 Å². The lowest BCUT2D eigenvalue weighted by atomic mass is 10.1. The largest absolute Gasteiger partial charge is 0.454 e. The highest BCUT2D eigenvalue weighted by Crippen LogP contribution is 2.27. The van der Waals surface area contributed by atoms with Crippen LogP contribution < -0.4 is 4.90 Å². The lowest BCUT2D eigenvalue weighted by Crippen LogP contribution is -2.37. The van der Waals surface area contributed by atoms with Crippen LogP contribution in [0.1, 0.15) is 45.1 Å². The highest BCUT2D eigenvalue weighted by Gasteiger charge is 2.25. The number of Topliss-reactive ketones (excluding diaryl/α,β-unsaturated/α-hetero) is 1. The van der Waals surface area contributed by atoms with E-state index in [-0.39, 0.29) is 23.1 Å². The van der Waals surface area contributed by atoms with Crippen molar-refractivity contribution in [2.75, 3.05) is 51.5 Å². The number of benzene rings is 1. The smallest absolute Gasteiger partial charge is 0.340 e. The Morgan fingerprint density at radius 2 is 1.88 bits per heavy atom. The number of hydrogen-bond acceptors (Lipinski definition) is 8. The topological polar surface area (TPSA) is 113 Å². The standard InChI is InChI=1S/C23H29N3O7/c1-15-11-19(17(3)25(15)16(2)13-31-4)22(27)14-33-23(28)20-12-18(26(29)30)5-6-21(20)24-7-9-32-10-8-24/h5-6,11-12,16H,7-10,13-14H2,1-4H3. The number of ether oxygens (including phenoxy) is 3. The van der Waals surface area contributed by atoms with Crippen LogP contribution in [0, 0.1) is 24.0 Å². The zero-order valence-electron chi connectivity index (χ0n) is 19.3. The SMILES string of the molecule is COCC(C)n1c(C)cc(C(=O)COC(=O)c2cc([N+](=O)[O-])ccc2N2CCOCC2)c1C. The normalized spacial score (nSPS) is 14.7. The molecule has 0 aliphatic carbocycles. The first-order valence-electron chi connectivity index (χ1n) is 10.7. The van der Waals surface area contributed by atoms with E-state index in [0.29, 0.717) is 44.2 Å². The summed E-state index contributed by atoms with van der Waals surface area (Å²) in [5.41, 5.74) is 2.49. The maximum Gasteiger partial charge on any atom is 0.340 e. The summed E-state index contributed by atoms with van der Waals surface area (Å²) < 4.78 is 17.9. The molecule has 1 aliphatic heterocycles. The molecule has 1 fully saturated rings. The van der Waals surface area contributed by atoms with Gasteiger partial charge in [-0.25, -0.2) is 4.79 Å². The molecule has 1 atom stereocenters. The molecule has 0 spiro atoms. The fourth-order valence-corrected chi connectivity index (χ4v) is 4.22. The third-order valence-electron chi connectivity index (χ3n) is 5.73. The fourth-order valence-electron chi connectivity index (χ4n) is 4.22. The molecule has 0 N–H and O–H groups in total. The lowest BCUT2D eigenvalue weighted by Gasteiger charge is -2.30. The van der Waals surface area contributed by atoms with Crippen LogP contribution in [0.3, 0.4) is 0 Å². The second kappa shape index (κ2) is 10.6. The van der Waals surface area contributed by atoms with Gasteiger partial charge >= 0.3 is 5.97 Å². The van der Waals surface area contributed by atoms with Crippen molar-refractivity contribution in [3.63, 3.8) is 0 Å². The van der Waals surface area contributed by atoms with Crippen LogP contribution in [0.2, 0.25) is 0 Å². The van der Waals surface area contributed by atoms with Gasteiger partial charge in [-0.15, -0.1) is 0 Å². The number of carbonyl (C=O) groups is 2. The number of esters is 1. The molecule has 0 radical (unpaired) electrons. The number of ketones is 1. The summed E-state index contributed by atoms with van der Waals surface area (Å²) in [7, 11) is 1.62. The third kappa shape index (κ3) is 5.40. The van der Waals surface area contributed by atoms with Gasteiger partial charge in [-0.1, -0.05) is 0 Å². The van der Waals surface area contributed by atoms with Crippen molar-refractivity contribution in [1.82, 2.24) is 4.57 Å². The fraction of sp³-hybridized carbons (Fsp3) is 0.478. The van der Waals surface area contributed by atoms with E-state index in [1.54, 1.807) is 13.2 Å². The number of anilines is 1. The maximum absolute atomic E-state index is 12.9. The van der Waals surface area contributed by atoms with Gasteiger partial charge < -0.3 is 23.7 Å². The number of carbonyl (C=O) groups excluding carboxylic acids is 2. The number of methoxy groups -OCH3 is 1. The number of aromatic nitrogens is 1. The molecule has 2 heterocycles. The molecular formula is C23H29N3O7. The van der Waals surface area contributed by atoms with Crippen LogP contribution >= 0.6 is 0 Å². The molecule has 1 aromatic carbocycles. The Hall–Kier alpha value is -3.24. The van der Waals surface area contributed by atoms with E-state index < -0.39 is 17.5 Å². The first kappa shape index (κ1) is 24.4. The number of morpholine rings is 1. The van der Waals surface area contributed by atoms with Crippen LogP contribution in [0.15, 0.2) is 24.3 Å². The van der Waals surface area contributed by atoms with Crippen molar-refractivity contribution in [1.29, 1.82) is 0 Å². The van der Waals surface area contributed by atoms with Crippen LogP contribution in [0.4, 0.5) is 11.4 Å². The van der Waals surface area contributed by atoms with Crippen molar-refractivity contribution < 1.29 is 28.7 Å². The molecule has 10 nitrogen and oxygen atoms in total. The number of rotatable bonds is 9. The van der Waals surface area contributed by atoms with Crippen LogP contribution in [0.5, 0.6) is 0 Å². The van der Waals surface area contributed by atoms with Crippen molar-refractivity contribution in [2.45, 2.75) is 26.8 Å². The van der Waals surface area contributed by atoms with E-state index >= 15 is 0 Å².